The monoisotopic (exact) mass is 400 g/mol. The van der Waals surface area contributed by atoms with Crippen LogP contribution in [0.25, 0.3) is 6.08 Å². The lowest BCUT2D eigenvalue weighted by atomic mass is 10.2. The van der Waals surface area contributed by atoms with Crippen molar-refractivity contribution in [3.63, 3.8) is 0 Å². The van der Waals surface area contributed by atoms with Crippen LogP contribution in [0.15, 0.2) is 53.4 Å². The minimum absolute atomic E-state index is 0.0413. The number of rotatable bonds is 5. The molecule has 8 heteroatoms. The van der Waals surface area contributed by atoms with Gasteiger partial charge in [0.2, 0.25) is 5.91 Å². The molecule has 1 saturated heterocycles. The van der Waals surface area contributed by atoms with E-state index in [4.69, 9.17) is 17.0 Å². The van der Waals surface area contributed by atoms with Crippen LogP contribution in [-0.4, -0.2) is 39.8 Å². The molecule has 1 heterocycles. The van der Waals surface area contributed by atoms with E-state index < -0.39 is 5.91 Å². The maximum Gasteiger partial charge on any atom is 0.266 e. The number of nitrogens with one attached hydrogen (secondary N) is 1. The molecule has 0 saturated carbocycles. The summed E-state index contributed by atoms with van der Waals surface area (Å²) in [6.45, 7) is -0.199. The average Bonchev–Trinajstić information content (AvgIpc) is 2.89. The molecule has 3 rings (SSSR count). The number of ether oxygens (including phenoxy) is 1. The third-order valence-electron chi connectivity index (χ3n) is 3.70. The molecule has 2 N–H and O–H groups in total. The number of amides is 2. The number of carbonyl (C=O) groups is 2. The van der Waals surface area contributed by atoms with Crippen molar-refractivity contribution in [3.8, 4) is 11.5 Å². The van der Waals surface area contributed by atoms with Gasteiger partial charge in [-0.25, -0.2) is 0 Å². The van der Waals surface area contributed by atoms with E-state index in [-0.39, 0.29) is 18.2 Å². The molecular formula is C19H16N2O4S2. The van der Waals surface area contributed by atoms with Gasteiger partial charge in [-0.1, -0.05) is 42.2 Å². The molecule has 0 radical (unpaired) electrons. The molecule has 0 unspecified atom stereocenters. The molecule has 2 aromatic carbocycles. The molecule has 1 aliphatic rings. The molecule has 27 heavy (non-hydrogen) atoms. The number of phenolic OH excluding ortho intramolecular Hbond substituents is 1. The van der Waals surface area contributed by atoms with E-state index >= 15 is 0 Å². The summed E-state index contributed by atoms with van der Waals surface area (Å²) >= 11 is 6.39. The zero-order chi connectivity index (χ0) is 19.4. The lowest BCUT2D eigenvalue weighted by Gasteiger charge is -2.14. The Bertz CT molecular complexity index is 943. The quantitative estimate of drug-likeness (QED) is 0.593. The minimum atomic E-state index is -0.403. The molecule has 1 aliphatic heterocycles. The highest BCUT2D eigenvalue weighted by molar-refractivity contribution is 8.26. The number of aromatic hydroxyl groups is 1. The second-order valence-electron chi connectivity index (χ2n) is 5.64. The summed E-state index contributed by atoms with van der Waals surface area (Å²) in [4.78, 5) is 26.5. The highest BCUT2D eigenvalue weighted by Gasteiger charge is 2.33. The van der Waals surface area contributed by atoms with Crippen molar-refractivity contribution in [1.29, 1.82) is 0 Å². The van der Waals surface area contributed by atoms with Crippen molar-refractivity contribution in [1.82, 2.24) is 4.90 Å². The predicted octanol–water partition coefficient (Wildman–Crippen LogP) is 3.24. The summed E-state index contributed by atoms with van der Waals surface area (Å²) < 4.78 is 5.50. The fourth-order valence-corrected chi connectivity index (χ4v) is 3.70. The Morgan fingerprint density at radius 1 is 1.30 bits per heavy atom. The molecular weight excluding hydrogens is 384 g/mol. The number of phenols is 1. The van der Waals surface area contributed by atoms with Crippen molar-refractivity contribution in [2.75, 3.05) is 19.0 Å². The molecule has 0 aromatic heterocycles. The van der Waals surface area contributed by atoms with Crippen molar-refractivity contribution < 1.29 is 19.4 Å². The summed E-state index contributed by atoms with van der Waals surface area (Å²) in [7, 11) is 1.57. The van der Waals surface area contributed by atoms with Crippen molar-refractivity contribution >= 4 is 51.9 Å². The van der Waals surface area contributed by atoms with Crippen LogP contribution in [0.1, 0.15) is 5.56 Å². The first-order valence-corrected chi connectivity index (χ1v) is 9.17. The van der Waals surface area contributed by atoms with E-state index in [1.807, 2.05) is 18.2 Å². The van der Waals surface area contributed by atoms with Crippen molar-refractivity contribution in [3.05, 3.63) is 59.0 Å². The number of thioether (sulfide) groups is 1. The summed E-state index contributed by atoms with van der Waals surface area (Å²) in [5.41, 5.74) is 1.25. The maximum atomic E-state index is 12.6. The number of thiocarbonyl (C=S) groups is 1. The zero-order valence-electron chi connectivity index (χ0n) is 14.3. The van der Waals surface area contributed by atoms with Crippen LogP contribution in [-0.2, 0) is 9.59 Å². The number of hydrogen-bond donors (Lipinski definition) is 2. The van der Waals surface area contributed by atoms with Crippen LogP contribution in [0, 0.1) is 0 Å². The van der Waals surface area contributed by atoms with Gasteiger partial charge in [0.1, 0.15) is 22.4 Å². The molecule has 1 fully saturated rings. The van der Waals surface area contributed by atoms with Crippen LogP contribution >= 0.6 is 24.0 Å². The van der Waals surface area contributed by atoms with Crippen LogP contribution in [0.5, 0.6) is 11.5 Å². The number of hydrogen-bond acceptors (Lipinski definition) is 6. The van der Waals surface area contributed by atoms with Crippen LogP contribution in [0.2, 0.25) is 0 Å². The van der Waals surface area contributed by atoms with Gasteiger partial charge in [0, 0.05) is 11.8 Å². The number of carbonyl (C=O) groups excluding carboxylic acids is 2. The first-order valence-electron chi connectivity index (χ1n) is 7.94. The SMILES string of the molecule is COc1cccc(C=C2SC(=S)N(CC(=O)Nc3cccc(O)c3)C2=O)c1. The Morgan fingerprint density at radius 2 is 2.07 bits per heavy atom. The summed E-state index contributed by atoms with van der Waals surface area (Å²) in [5.74, 6) is 0.00256. The van der Waals surface area contributed by atoms with Crippen molar-refractivity contribution in [2.24, 2.45) is 0 Å². The van der Waals surface area contributed by atoms with Gasteiger partial charge in [0.05, 0.1) is 12.0 Å². The van der Waals surface area contributed by atoms with Crippen LogP contribution < -0.4 is 10.1 Å². The maximum absolute atomic E-state index is 12.6. The summed E-state index contributed by atoms with van der Waals surface area (Å²) in [6, 6.07) is 13.5. The molecule has 138 valence electrons. The Hall–Kier alpha value is -2.84. The zero-order valence-corrected chi connectivity index (χ0v) is 16.0. The molecule has 6 nitrogen and oxygen atoms in total. The third-order valence-corrected chi connectivity index (χ3v) is 5.07. The summed E-state index contributed by atoms with van der Waals surface area (Å²) in [6.07, 6.45) is 1.72. The lowest BCUT2D eigenvalue weighted by Crippen LogP contribution is -2.36. The molecule has 0 atom stereocenters. The smallest absolute Gasteiger partial charge is 0.266 e. The topological polar surface area (TPSA) is 78.9 Å². The molecule has 0 spiro atoms. The molecule has 0 aliphatic carbocycles. The highest BCUT2D eigenvalue weighted by Crippen LogP contribution is 2.32. The van der Waals surface area contributed by atoms with Gasteiger partial charge < -0.3 is 15.2 Å². The third kappa shape index (κ3) is 4.66. The lowest BCUT2D eigenvalue weighted by molar-refractivity contribution is -0.126. The van der Waals surface area contributed by atoms with E-state index in [1.165, 1.54) is 17.0 Å². The van der Waals surface area contributed by atoms with E-state index in [2.05, 4.69) is 5.32 Å². The van der Waals surface area contributed by atoms with E-state index in [1.54, 1.807) is 31.4 Å². The summed E-state index contributed by atoms with van der Waals surface area (Å²) in [5, 5.41) is 12.1. The standard InChI is InChI=1S/C19H16N2O4S2/c1-25-15-7-2-4-12(8-15)9-16-18(24)21(19(26)27-16)11-17(23)20-13-5-3-6-14(22)10-13/h2-10,22H,11H2,1H3,(H,20,23). The van der Waals surface area contributed by atoms with Gasteiger partial charge in [0.15, 0.2) is 0 Å². The first-order chi connectivity index (χ1) is 13.0. The molecule has 2 aromatic rings. The molecule has 0 bridgehead atoms. The van der Waals surface area contributed by atoms with Crippen LogP contribution in [0.3, 0.4) is 0 Å². The van der Waals surface area contributed by atoms with Gasteiger partial charge in [-0.2, -0.15) is 0 Å². The van der Waals surface area contributed by atoms with E-state index in [0.717, 1.165) is 17.3 Å². The fourth-order valence-electron chi connectivity index (χ4n) is 2.45. The Balaban J connectivity index is 1.70. The predicted molar refractivity (Wildman–Crippen MR) is 110 cm³/mol. The number of nitrogens with zero attached hydrogens (tertiary/aromatic N) is 1. The van der Waals surface area contributed by atoms with E-state index in [9.17, 15) is 14.7 Å². The normalized spacial score (nSPS) is 15.3. The average molecular weight is 400 g/mol. The first kappa shape index (κ1) is 18.9. The van der Waals surface area contributed by atoms with Gasteiger partial charge in [0.25, 0.3) is 5.91 Å². The number of benzene rings is 2. The Morgan fingerprint density at radius 3 is 2.81 bits per heavy atom. The second kappa shape index (κ2) is 8.24. The minimum Gasteiger partial charge on any atom is -0.508 e. The largest absolute Gasteiger partial charge is 0.508 e. The highest BCUT2D eigenvalue weighted by atomic mass is 32.2. The fraction of sp³-hybridized carbons (Fsp3) is 0.105. The van der Waals surface area contributed by atoms with Gasteiger partial charge in [-0.3, -0.25) is 14.5 Å². The van der Waals surface area contributed by atoms with Crippen molar-refractivity contribution in [2.45, 2.75) is 0 Å². The van der Waals surface area contributed by atoms with Gasteiger partial charge in [-0.05, 0) is 35.9 Å². The Labute approximate surface area is 165 Å². The number of anilines is 1. The number of methoxy groups -OCH3 is 1. The second-order valence-corrected chi connectivity index (χ2v) is 7.32. The van der Waals surface area contributed by atoms with E-state index in [0.29, 0.717) is 20.7 Å². The Kier molecular flexibility index (Phi) is 5.78. The molecule has 2 amide bonds. The van der Waals surface area contributed by atoms with Gasteiger partial charge >= 0.3 is 0 Å². The van der Waals surface area contributed by atoms with Crippen LogP contribution in [0.4, 0.5) is 5.69 Å². The van der Waals surface area contributed by atoms with Gasteiger partial charge in [-0.15, -0.1) is 0 Å².